The monoisotopic (exact) mass is 267 g/mol. The lowest BCUT2D eigenvalue weighted by Gasteiger charge is -2.18. The SMILES string of the molecule is COC(=O)c1cc(CN[C@@H](C)[C@H]2CCOC2)oc1C. The number of aryl methyl sites for hydroxylation is 1. The van der Waals surface area contributed by atoms with Gasteiger partial charge in [0.1, 0.15) is 17.1 Å². The molecule has 0 aliphatic carbocycles. The van der Waals surface area contributed by atoms with E-state index in [0.29, 0.717) is 29.8 Å². The predicted octanol–water partition coefficient (Wildman–Crippen LogP) is 1.89. The fraction of sp³-hybridized carbons (Fsp3) is 0.643. The molecule has 0 spiro atoms. The fourth-order valence-corrected chi connectivity index (χ4v) is 2.32. The first kappa shape index (κ1) is 14.1. The van der Waals surface area contributed by atoms with E-state index in [1.165, 1.54) is 7.11 Å². The third-order valence-electron chi connectivity index (χ3n) is 3.64. The molecule has 1 fully saturated rings. The van der Waals surface area contributed by atoms with Crippen LogP contribution in [0.1, 0.15) is 35.2 Å². The van der Waals surface area contributed by atoms with Crippen LogP contribution in [-0.4, -0.2) is 32.3 Å². The molecule has 0 amide bonds. The van der Waals surface area contributed by atoms with E-state index < -0.39 is 0 Å². The average Bonchev–Trinajstić information content (AvgIpc) is 3.04. The summed E-state index contributed by atoms with van der Waals surface area (Å²) in [5.41, 5.74) is 0.496. The van der Waals surface area contributed by atoms with Crippen molar-refractivity contribution in [1.29, 1.82) is 0 Å². The van der Waals surface area contributed by atoms with E-state index in [-0.39, 0.29) is 5.97 Å². The van der Waals surface area contributed by atoms with Crippen LogP contribution >= 0.6 is 0 Å². The van der Waals surface area contributed by atoms with Crippen molar-refractivity contribution < 1.29 is 18.7 Å². The van der Waals surface area contributed by atoms with Gasteiger partial charge in [-0.3, -0.25) is 0 Å². The second-order valence-electron chi connectivity index (χ2n) is 4.97. The van der Waals surface area contributed by atoms with E-state index in [0.717, 1.165) is 25.4 Å². The Bertz CT molecular complexity index is 435. The zero-order chi connectivity index (χ0) is 13.8. The van der Waals surface area contributed by atoms with E-state index >= 15 is 0 Å². The van der Waals surface area contributed by atoms with E-state index in [4.69, 9.17) is 13.9 Å². The fourth-order valence-electron chi connectivity index (χ4n) is 2.32. The molecule has 2 rings (SSSR count). The van der Waals surface area contributed by atoms with Gasteiger partial charge in [-0.1, -0.05) is 0 Å². The number of carbonyl (C=O) groups excluding carboxylic acids is 1. The van der Waals surface area contributed by atoms with Gasteiger partial charge < -0.3 is 19.2 Å². The second-order valence-corrected chi connectivity index (χ2v) is 4.97. The van der Waals surface area contributed by atoms with Crippen LogP contribution in [0.15, 0.2) is 10.5 Å². The average molecular weight is 267 g/mol. The van der Waals surface area contributed by atoms with Crippen molar-refractivity contribution in [3.8, 4) is 0 Å². The van der Waals surface area contributed by atoms with Gasteiger partial charge in [0.2, 0.25) is 0 Å². The maximum Gasteiger partial charge on any atom is 0.341 e. The molecular weight excluding hydrogens is 246 g/mol. The van der Waals surface area contributed by atoms with E-state index in [1.807, 2.05) is 0 Å². The van der Waals surface area contributed by atoms with Crippen LogP contribution in [0.5, 0.6) is 0 Å². The molecular formula is C14H21NO4. The molecule has 0 bridgehead atoms. The Morgan fingerprint density at radius 2 is 2.42 bits per heavy atom. The van der Waals surface area contributed by atoms with Gasteiger partial charge in [0.15, 0.2) is 0 Å². The van der Waals surface area contributed by atoms with Crippen molar-refractivity contribution >= 4 is 5.97 Å². The van der Waals surface area contributed by atoms with Crippen LogP contribution in [-0.2, 0) is 16.0 Å². The summed E-state index contributed by atoms with van der Waals surface area (Å²) in [6.07, 6.45) is 1.10. The van der Waals surface area contributed by atoms with Crippen LogP contribution in [0.3, 0.4) is 0 Å². The van der Waals surface area contributed by atoms with Gasteiger partial charge in [-0.05, 0) is 32.3 Å². The van der Waals surface area contributed by atoms with Crippen molar-refractivity contribution in [3.05, 3.63) is 23.2 Å². The first-order valence-corrected chi connectivity index (χ1v) is 6.60. The number of esters is 1. The Morgan fingerprint density at radius 1 is 1.63 bits per heavy atom. The molecule has 2 atom stereocenters. The van der Waals surface area contributed by atoms with Gasteiger partial charge in [-0.15, -0.1) is 0 Å². The third-order valence-corrected chi connectivity index (χ3v) is 3.64. The number of ether oxygens (including phenoxy) is 2. The molecule has 0 aromatic carbocycles. The van der Waals surface area contributed by atoms with Crippen molar-refractivity contribution in [2.24, 2.45) is 5.92 Å². The summed E-state index contributed by atoms with van der Waals surface area (Å²) in [5, 5.41) is 3.41. The Hall–Kier alpha value is -1.33. The predicted molar refractivity (Wildman–Crippen MR) is 70.0 cm³/mol. The molecule has 5 nitrogen and oxygen atoms in total. The Kier molecular flexibility index (Phi) is 4.61. The minimum atomic E-state index is -0.357. The molecule has 106 valence electrons. The lowest BCUT2D eigenvalue weighted by Crippen LogP contribution is -2.33. The normalized spacial score (nSPS) is 20.5. The van der Waals surface area contributed by atoms with Crippen LogP contribution in [0, 0.1) is 12.8 Å². The first-order valence-electron chi connectivity index (χ1n) is 6.60. The number of rotatable bonds is 5. The molecule has 2 heterocycles. The Balaban J connectivity index is 1.90. The summed E-state index contributed by atoms with van der Waals surface area (Å²) in [4.78, 5) is 11.5. The molecule has 1 saturated heterocycles. The van der Waals surface area contributed by atoms with Gasteiger partial charge in [0.25, 0.3) is 0 Å². The summed E-state index contributed by atoms with van der Waals surface area (Å²) in [7, 11) is 1.37. The Labute approximate surface area is 113 Å². The molecule has 19 heavy (non-hydrogen) atoms. The first-order chi connectivity index (χ1) is 9.11. The third kappa shape index (κ3) is 3.36. The number of nitrogens with one attached hydrogen (secondary N) is 1. The summed E-state index contributed by atoms with van der Waals surface area (Å²) in [6, 6.07) is 2.11. The number of hydrogen-bond donors (Lipinski definition) is 1. The summed E-state index contributed by atoms with van der Waals surface area (Å²) < 4.78 is 15.6. The molecule has 1 aliphatic heterocycles. The molecule has 0 unspecified atom stereocenters. The zero-order valence-electron chi connectivity index (χ0n) is 11.7. The van der Waals surface area contributed by atoms with Crippen molar-refractivity contribution in [2.45, 2.75) is 32.9 Å². The van der Waals surface area contributed by atoms with Gasteiger partial charge in [0, 0.05) is 12.6 Å². The van der Waals surface area contributed by atoms with Crippen LogP contribution < -0.4 is 5.32 Å². The van der Waals surface area contributed by atoms with Gasteiger partial charge in [-0.25, -0.2) is 4.79 Å². The summed E-state index contributed by atoms with van der Waals surface area (Å²) in [5.74, 6) is 1.55. The molecule has 1 aromatic heterocycles. The number of hydrogen-bond acceptors (Lipinski definition) is 5. The Morgan fingerprint density at radius 3 is 3.05 bits per heavy atom. The second kappa shape index (κ2) is 6.21. The van der Waals surface area contributed by atoms with Crippen molar-refractivity contribution in [3.63, 3.8) is 0 Å². The molecule has 1 N–H and O–H groups in total. The molecule has 0 radical (unpaired) electrons. The molecule has 1 aromatic rings. The minimum absolute atomic E-state index is 0.357. The standard InChI is InChI=1S/C14H21NO4/c1-9(11-4-5-18-8-11)15-7-12-6-13(10(2)19-12)14(16)17-3/h6,9,11,15H,4-5,7-8H2,1-3H3/t9-,11-/m0/s1. The minimum Gasteiger partial charge on any atom is -0.465 e. The van der Waals surface area contributed by atoms with E-state index in [1.54, 1.807) is 13.0 Å². The van der Waals surface area contributed by atoms with Crippen LogP contribution in [0.2, 0.25) is 0 Å². The zero-order valence-corrected chi connectivity index (χ0v) is 11.7. The van der Waals surface area contributed by atoms with Crippen molar-refractivity contribution in [1.82, 2.24) is 5.32 Å². The molecule has 5 heteroatoms. The summed E-state index contributed by atoms with van der Waals surface area (Å²) in [6.45, 7) is 6.19. The smallest absolute Gasteiger partial charge is 0.341 e. The molecule has 0 saturated carbocycles. The van der Waals surface area contributed by atoms with Crippen LogP contribution in [0.25, 0.3) is 0 Å². The molecule has 1 aliphatic rings. The van der Waals surface area contributed by atoms with Gasteiger partial charge in [-0.2, -0.15) is 0 Å². The lowest BCUT2D eigenvalue weighted by atomic mass is 10.0. The highest BCUT2D eigenvalue weighted by Gasteiger charge is 2.22. The maximum absolute atomic E-state index is 11.5. The highest BCUT2D eigenvalue weighted by Crippen LogP contribution is 2.18. The summed E-state index contributed by atoms with van der Waals surface area (Å²) >= 11 is 0. The number of methoxy groups -OCH3 is 1. The highest BCUT2D eigenvalue weighted by atomic mass is 16.5. The largest absolute Gasteiger partial charge is 0.465 e. The topological polar surface area (TPSA) is 60.7 Å². The lowest BCUT2D eigenvalue weighted by molar-refractivity contribution is 0.0599. The van der Waals surface area contributed by atoms with Crippen LogP contribution in [0.4, 0.5) is 0 Å². The quantitative estimate of drug-likeness (QED) is 0.825. The highest BCUT2D eigenvalue weighted by molar-refractivity contribution is 5.90. The van der Waals surface area contributed by atoms with E-state index in [2.05, 4.69) is 12.2 Å². The maximum atomic E-state index is 11.5. The van der Waals surface area contributed by atoms with E-state index in [9.17, 15) is 4.79 Å². The van der Waals surface area contributed by atoms with Gasteiger partial charge in [0.05, 0.1) is 20.3 Å². The van der Waals surface area contributed by atoms with Crippen molar-refractivity contribution in [2.75, 3.05) is 20.3 Å². The number of carbonyl (C=O) groups is 1. The van der Waals surface area contributed by atoms with Gasteiger partial charge >= 0.3 is 5.97 Å². The number of furan rings is 1.